The zero-order chi connectivity index (χ0) is 14.5. The monoisotopic (exact) mass is 277 g/mol. The fourth-order valence-corrected chi connectivity index (χ4v) is 3.18. The molecule has 0 N–H and O–H groups in total. The van der Waals surface area contributed by atoms with Gasteiger partial charge in [-0.2, -0.15) is 0 Å². The van der Waals surface area contributed by atoms with Crippen LogP contribution in [0.5, 0.6) is 0 Å². The van der Waals surface area contributed by atoms with Crippen molar-refractivity contribution in [3.8, 4) is 0 Å². The molecule has 0 fully saturated rings. The number of aromatic nitrogens is 1. The molecule has 1 unspecified atom stereocenters. The Hall–Kier alpha value is -1.89. The van der Waals surface area contributed by atoms with Gasteiger partial charge in [0.2, 0.25) is 0 Å². The van der Waals surface area contributed by atoms with Gasteiger partial charge in [-0.1, -0.05) is 49.5 Å². The van der Waals surface area contributed by atoms with Crippen molar-refractivity contribution in [1.29, 1.82) is 0 Å². The van der Waals surface area contributed by atoms with Crippen LogP contribution in [0.25, 0.3) is 17.7 Å². The summed E-state index contributed by atoms with van der Waals surface area (Å²) in [5.74, 6) is 0.562. The lowest BCUT2D eigenvalue weighted by Gasteiger charge is -2.21. The largest absolute Gasteiger partial charge is 0.256 e. The number of fused-ring (bicyclic) bond motifs is 1. The number of pyridine rings is 1. The molecule has 3 rings (SSSR count). The van der Waals surface area contributed by atoms with E-state index in [1.165, 1.54) is 21.7 Å². The van der Waals surface area contributed by atoms with Gasteiger partial charge in [-0.3, -0.25) is 4.98 Å². The third kappa shape index (κ3) is 3.07. The third-order valence-corrected chi connectivity index (χ3v) is 4.27. The normalized spacial score (nSPS) is 20.6. The number of nitrogens with zero attached hydrogens (tertiary/aromatic N) is 1. The first kappa shape index (κ1) is 14.1. The smallest absolute Gasteiger partial charge is 0.0739 e. The van der Waals surface area contributed by atoms with E-state index in [0.717, 1.165) is 32.1 Å². The van der Waals surface area contributed by atoms with Crippen molar-refractivity contribution >= 4 is 17.7 Å². The van der Waals surface area contributed by atoms with Crippen LogP contribution in [0.3, 0.4) is 0 Å². The Kier molecular flexibility index (Phi) is 4.49. The van der Waals surface area contributed by atoms with Crippen molar-refractivity contribution in [2.24, 2.45) is 5.92 Å². The van der Waals surface area contributed by atoms with E-state index in [2.05, 4.69) is 55.5 Å². The SMILES string of the molecule is CCC=CCC1CC=CC=C1c1nccc2c1=CCCC=2. The maximum Gasteiger partial charge on any atom is 0.0739 e. The van der Waals surface area contributed by atoms with Crippen molar-refractivity contribution in [1.82, 2.24) is 4.98 Å². The Morgan fingerprint density at radius 2 is 2.14 bits per heavy atom. The first-order valence-electron chi connectivity index (χ1n) is 8.07. The maximum atomic E-state index is 4.72. The minimum absolute atomic E-state index is 0.562. The first-order valence-corrected chi connectivity index (χ1v) is 8.07. The fourth-order valence-electron chi connectivity index (χ4n) is 3.18. The fraction of sp³-hybridized carbons (Fsp3) is 0.350. The van der Waals surface area contributed by atoms with Crippen LogP contribution in [0.2, 0.25) is 0 Å². The predicted octanol–water partition coefficient (Wildman–Crippen LogP) is 3.75. The molecule has 2 aliphatic rings. The van der Waals surface area contributed by atoms with E-state index >= 15 is 0 Å². The molecule has 0 bridgehead atoms. The van der Waals surface area contributed by atoms with E-state index in [1.54, 1.807) is 0 Å². The van der Waals surface area contributed by atoms with E-state index in [9.17, 15) is 0 Å². The van der Waals surface area contributed by atoms with Gasteiger partial charge in [0, 0.05) is 11.4 Å². The van der Waals surface area contributed by atoms with Gasteiger partial charge in [0.15, 0.2) is 0 Å². The highest BCUT2D eigenvalue weighted by atomic mass is 14.7. The van der Waals surface area contributed by atoms with Crippen LogP contribution in [-0.4, -0.2) is 4.98 Å². The molecule has 1 aromatic heterocycles. The Labute approximate surface area is 127 Å². The summed E-state index contributed by atoms with van der Waals surface area (Å²) in [4.78, 5) is 4.72. The van der Waals surface area contributed by atoms with Gasteiger partial charge in [0.05, 0.1) is 5.69 Å². The van der Waals surface area contributed by atoms with Gasteiger partial charge in [-0.05, 0) is 54.9 Å². The quantitative estimate of drug-likeness (QED) is 0.764. The van der Waals surface area contributed by atoms with E-state index in [0.29, 0.717) is 5.92 Å². The van der Waals surface area contributed by atoms with E-state index in [1.807, 2.05) is 6.20 Å². The molecule has 2 aliphatic carbocycles. The second-order valence-electron chi connectivity index (χ2n) is 5.75. The lowest BCUT2D eigenvalue weighted by molar-refractivity contribution is 0.684. The topological polar surface area (TPSA) is 12.9 Å². The standard InChI is InChI=1S/C20H23N/c1-2-3-4-9-16-10-5-7-12-18(16)20-19-13-8-6-11-17(19)14-15-21-20/h3-5,7,11-16H,2,6,8-10H2,1H3. The Balaban J connectivity index is 2.00. The summed E-state index contributed by atoms with van der Waals surface area (Å²) in [6.07, 6.45) is 23.6. The molecular formula is C20H23N. The van der Waals surface area contributed by atoms with Gasteiger partial charge in [0.25, 0.3) is 0 Å². The Morgan fingerprint density at radius 1 is 1.24 bits per heavy atom. The summed E-state index contributed by atoms with van der Waals surface area (Å²) >= 11 is 0. The van der Waals surface area contributed by atoms with Crippen molar-refractivity contribution in [3.05, 3.63) is 58.8 Å². The van der Waals surface area contributed by atoms with Crippen molar-refractivity contribution in [2.45, 2.75) is 39.0 Å². The highest BCUT2D eigenvalue weighted by Gasteiger charge is 2.18. The summed E-state index contributed by atoms with van der Waals surface area (Å²) in [5, 5.41) is 2.69. The Morgan fingerprint density at radius 3 is 3.05 bits per heavy atom. The van der Waals surface area contributed by atoms with E-state index in [-0.39, 0.29) is 0 Å². The highest BCUT2D eigenvalue weighted by Crippen LogP contribution is 2.30. The molecule has 1 atom stereocenters. The molecular weight excluding hydrogens is 254 g/mol. The van der Waals surface area contributed by atoms with Gasteiger partial charge in [0.1, 0.15) is 0 Å². The summed E-state index contributed by atoms with van der Waals surface area (Å²) < 4.78 is 0. The molecule has 108 valence electrons. The lowest BCUT2D eigenvalue weighted by atomic mass is 9.85. The molecule has 0 radical (unpaired) electrons. The molecule has 0 saturated heterocycles. The van der Waals surface area contributed by atoms with Gasteiger partial charge < -0.3 is 0 Å². The lowest BCUT2D eigenvalue weighted by Crippen LogP contribution is -2.32. The summed E-state index contributed by atoms with van der Waals surface area (Å²) in [5.41, 5.74) is 2.60. The minimum atomic E-state index is 0.562. The van der Waals surface area contributed by atoms with Gasteiger partial charge >= 0.3 is 0 Å². The summed E-state index contributed by atoms with van der Waals surface area (Å²) in [6, 6.07) is 2.14. The second-order valence-corrected chi connectivity index (χ2v) is 5.75. The maximum absolute atomic E-state index is 4.72. The zero-order valence-corrected chi connectivity index (χ0v) is 12.8. The van der Waals surface area contributed by atoms with Crippen molar-refractivity contribution in [3.63, 3.8) is 0 Å². The van der Waals surface area contributed by atoms with Gasteiger partial charge in [-0.25, -0.2) is 0 Å². The third-order valence-electron chi connectivity index (χ3n) is 4.27. The van der Waals surface area contributed by atoms with Crippen molar-refractivity contribution < 1.29 is 0 Å². The average molecular weight is 277 g/mol. The molecule has 0 aliphatic heterocycles. The highest BCUT2D eigenvalue weighted by molar-refractivity contribution is 5.69. The molecule has 0 aromatic carbocycles. The van der Waals surface area contributed by atoms with Crippen LogP contribution in [0.4, 0.5) is 0 Å². The molecule has 1 heteroatoms. The zero-order valence-electron chi connectivity index (χ0n) is 12.8. The predicted molar refractivity (Wildman–Crippen MR) is 90.9 cm³/mol. The molecule has 0 spiro atoms. The summed E-state index contributed by atoms with van der Waals surface area (Å²) in [7, 11) is 0. The number of hydrogen-bond acceptors (Lipinski definition) is 1. The first-order chi connectivity index (χ1) is 10.4. The minimum Gasteiger partial charge on any atom is -0.256 e. The van der Waals surface area contributed by atoms with Crippen molar-refractivity contribution in [2.75, 3.05) is 0 Å². The van der Waals surface area contributed by atoms with Crippen LogP contribution in [0, 0.1) is 5.92 Å². The molecule has 1 nitrogen and oxygen atoms in total. The van der Waals surface area contributed by atoms with Gasteiger partial charge in [-0.15, -0.1) is 0 Å². The van der Waals surface area contributed by atoms with Crippen LogP contribution in [-0.2, 0) is 0 Å². The number of allylic oxidation sites excluding steroid dienone is 6. The number of hydrogen-bond donors (Lipinski definition) is 0. The van der Waals surface area contributed by atoms with Crippen LogP contribution < -0.4 is 10.4 Å². The van der Waals surface area contributed by atoms with Crippen LogP contribution >= 0.6 is 0 Å². The molecule has 0 amide bonds. The average Bonchev–Trinajstić information content (AvgIpc) is 2.55. The van der Waals surface area contributed by atoms with E-state index < -0.39 is 0 Å². The van der Waals surface area contributed by atoms with E-state index in [4.69, 9.17) is 4.98 Å². The molecule has 1 heterocycles. The number of rotatable bonds is 4. The van der Waals surface area contributed by atoms with Crippen LogP contribution in [0.1, 0.15) is 44.7 Å². The Bertz CT molecular complexity index is 704. The molecule has 1 aromatic rings. The molecule has 21 heavy (non-hydrogen) atoms. The second kappa shape index (κ2) is 6.71. The molecule has 0 saturated carbocycles. The van der Waals surface area contributed by atoms with Crippen LogP contribution in [0.15, 0.2) is 42.6 Å². The summed E-state index contributed by atoms with van der Waals surface area (Å²) in [6.45, 7) is 2.19.